The smallest absolute Gasteiger partial charge is 0.164 e. The van der Waals surface area contributed by atoms with Crippen molar-refractivity contribution in [2.24, 2.45) is 0 Å². The minimum absolute atomic E-state index is 0.114. The normalized spacial score (nSPS) is 11.4. The highest BCUT2D eigenvalue weighted by Gasteiger charge is 2.36. The molecule has 0 fully saturated rings. The Labute approximate surface area is 826 Å². The molecule has 1 aliphatic carbocycles. The molecule has 18 aromatic carbocycles. The fourth-order valence-electron chi connectivity index (χ4n) is 17.5. The number of nitrogens with zero attached hydrogens (tertiary/aromatic N) is 15. The number of aryl methyl sites for hydroxylation is 5. The van der Waals surface area contributed by atoms with Gasteiger partial charge < -0.3 is 0 Å². The standard InChI is InChI=1S/C39H29N3.C28H21N3.2C22H17N3.C16H13N3/c1-24-18-20-30-31-21-19-27(23-35(31)39(2,3)34(30)22-24)36-40-37(32-16-8-12-25-10-4-6-14-28(25)32)42-38(41-36)33-17-9-13-26-11-5-7-15-29(26)33;1-20-29-27(25-16-12-23(13-17-25)21-8-4-2-5-9-21)31-28(30-20)26-18-14-24(15-19-26)22-10-6-3-7-11-22;1-16-9-8-14-19(15-16)22-24-20(17-10-4-2-5-11-17)23-21(25-22)18-12-6-3-7-13-18;1-16-12-14-19(15-13-16)22-24-20(17-8-4-2-5-9-17)23-21(25-22)18-10-6-3-7-11-18;1-12-17-15(13-8-4-2-5-9-13)19-16(18-12)14-10-6-3-7-11-14/h4-23H,1-3H3;2-19H,1H3;2*2-15H,1H3;2-11H,1H3. The minimum Gasteiger partial charge on any atom is -0.213 e. The van der Waals surface area contributed by atoms with Crippen molar-refractivity contribution in [2.75, 3.05) is 0 Å². The summed E-state index contributed by atoms with van der Waals surface area (Å²) in [5.41, 5.74) is 26.5. The molecule has 680 valence electrons. The van der Waals surface area contributed by atoms with Gasteiger partial charge in [-0.05, 0) is 113 Å². The second-order valence-corrected chi connectivity index (χ2v) is 35.3. The molecule has 0 spiro atoms. The molecule has 0 N–H and O–H groups in total. The molecule has 142 heavy (non-hydrogen) atoms. The van der Waals surface area contributed by atoms with Gasteiger partial charge >= 0.3 is 0 Å². The van der Waals surface area contributed by atoms with Crippen LogP contribution in [0.1, 0.15) is 53.3 Å². The Morgan fingerprint density at radius 2 is 0.352 bits per heavy atom. The summed E-state index contributed by atoms with van der Waals surface area (Å²) in [4.78, 5) is 70.9. The Balaban J connectivity index is 0.000000112. The van der Waals surface area contributed by atoms with Crippen LogP contribution in [-0.2, 0) is 5.41 Å². The van der Waals surface area contributed by atoms with E-state index in [9.17, 15) is 0 Å². The Morgan fingerprint density at radius 3 is 0.697 bits per heavy atom. The molecule has 0 unspecified atom stereocenters. The van der Waals surface area contributed by atoms with Crippen LogP contribution in [0, 0.1) is 34.6 Å². The highest BCUT2D eigenvalue weighted by molar-refractivity contribution is 5.98. The van der Waals surface area contributed by atoms with Gasteiger partial charge in [-0.2, -0.15) is 0 Å². The van der Waals surface area contributed by atoms with Crippen LogP contribution >= 0.6 is 0 Å². The fraction of sp³-hybridized carbons (Fsp3) is 0.0630. The topological polar surface area (TPSA) is 193 Å². The molecular formula is C127H97N15. The van der Waals surface area contributed by atoms with Gasteiger partial charge in [-0.15, -0.1) is 0 Å². The van der Waals surface area contributed by atoms with Gasteiger partial charge in [-0.1, -0.05) is 479 Å². The van der Waals surface area contributed by atoms with Crippen molar-refractivity contribution >= 4 is 21.5 Å². The SMILES string of the molecule is Cc1ccc(-c2nc(-c3ccccc3)nc(-c3ccccc3)n2)cc1.Cc1ccc2c(c1)C(C)(C)c1cc(-c3nc(-c4cccc5ccccc45)nc(-c4cccc5ccccc45)n3)ccc1-2.Cc1cccc(-c2nc(-c3ccccc3)nc(-c3ccccc3)n2)c1.Cc1nc(-c2ccc(-c3ccccc3)cc2)nc(-c2ccc(-c3ccccc3)cc2)n1.Cc1nc(-c2ccccc2)nc(-c2ccccc2)n1. The summed E-state index contributed by atoms with van der Waals surface area (Å²) < 4.78 is 0. The summed E-state index contributed by atoms with van der Waals surface area (Å²) in [5.74, 6) is 10.4. The summed E-state index contributed by atoms with van der Waals surface area (Å²) in [7, 11) is 0. The fourth-order valence-corrected chi connectivity index (χ4v) is 17.5. The Morgan fingerprint density at radius 1 is 0.141 bits per heavy atom. The summed E-state index contributed by atoms with van der Waals surface area (Å²) >= 11 is 0. The van der Waals surface area contributed by atoms with Crippen molar-refractivity contribution in [3.8, 4) is 181 Å². The Hall–Kier alpha value is -18.5. The van der Waals surface area contributed by atoms with Crippen LogP contribution < -0.4 is 0 Å². The van der Waals surface area contributed by atoms with Crippen molar-refractivity contribution in [2.45, 2.75) is 53.9 Å². The Bertz CT molecular complexity index is 7980. The molecule has 0 saturated heterocycles. The van der Waals surface area contributed by atoms with Crippen molar-refractivity contribution in [1.29, 1.82) is 0 Å². The molecule has 0 atom stereocenters. The number of fused-ring (bicyclic) bond motifs is 5. The first-order valence-electron chi connectivity index (χ1n) is 47.4. The van der Waals surface area contributed by atoms with Gasteiger partial charge in [0, 0.05) is 77.7 Å². The predicted octanol–water partition coefficient (Wildman–Crippen LogP) is 30.5. The van der Waals surface area contributed by atoms with E-state index in [1.807, 2.05) is 257 Å². The molecule has 15 heteroatoms. The highest BCUT2D eigenvalue weighted by atomic mass is 15.1. The zero-order valence-electron chi connectivity index (χ0n) is 79.6. The maximum Gasteiger partial charge on any atom is 0.164 e. The molecule has 24 rings (SSSR count). The van der Waals surface area contributed by atoms with Gasteiger partial charge in [0.1, 0.15) is 11.6 Å². The van der Waals surface area contributed by atoms with Crippen LogP contribution in [0.2, 0.25) is 0 Å². The first kappa shape index (κ1) is 91.3. The van der Waals surface area contributed by atoms with E-state index in [1.54, 1.807) is 0 Å². The van der Waals surface area contributed by atoms with Crippen molar-refractivity contribution in [3.05, 3.63) is 501 Å². The van der Waals surface area contributed by atoms with Gasteiger partial charge in [0.15, 0.2) is 75.7 Å². The second kappa shape index (κ2) is 42.0. The second-order valence-electron chi connectivity index (χ2n) is 35.3. The lowest BCUT2D eigenvalue weighted by Gasteiger charge is -2.22. The number of rotatable bonds is 15. The molecule has 0 amide bonds. The van der Waals surface area contributed by atoms with Crippen LogP contribution in [0.4, 0.5) is 0 Å². The van der Waals surface area contributed by atoms with Gasteiger partial charge in [0.2, 0.25) is 0 Å². The average molecular weight is 1830 g/mol. The van der Waals surface area contributed by atoms with E-state index in [0.29, 0.717) is 81.5 Å². The summed E-state index contributed by atoms with van der Waals surface area (Å²) in [6.07, 6.45) is 0. The number of aromatic nitrogens is 15. The monoisotopic (exact) mass is 1830 g/mol. The molecule has 23 aromatic rings. The predicted molar refractivity (Wildman–Crippen MR) is 577 cm³/mol. The van der Waals surface area contributed by atoms with Crippen molar-refractivity contribution in [3.63, 3.8) is 0 Å². The molecule has 0 bridgehead atoms. The molecule has 0 radical (unpaired) electrons. The zero-order chi connectivity index (χ0) is 96.7. The van der Waals surface area contributed by atoms with E-state index in [0.717, 1.165) is 99.7 Å². The van der Waals surface area contributed by atoms with Crippen molar-refractivity contribution in [1.82, 2.24) is 74.8 Å². The first-order chi connectivity index (χ1) is 69.6. The van der Waals surface area contributed by atoms with Crippen LogP contribution in [0.25, 0.3) is 203 Å². The lowest BCUT2D eigenvalue weighted by atomic mass is 9.81. The van der Waals surface area contributed by atoms with Crippen molar-refractivity contribution < 1.29 is 0 Å². The largest absolute Gasteiger partial charge is 0.213 e. The molecular weight excluding hydrogens is 1740 g/mol. The first-order valence-corrected chi connectivity index (χ1v) is 47.4. The quantitative estimate of drug-likeness (QED) is 0.0940. The Kier molecular flexibility index (Phi) is 27.0. The van der Waals surface area contributed by atoms with Gasteiger partial charge in [-0.25, -0.2) is 74.8 Å². The minimum atomic E-state index is -0.114. The average Bonchev–Trinajstić information content (AvgIpc) is 1.57. The maximum absolute atomic E-state index is 5.14. The van der Waals surface area contributed by atoms with Gasteiger partial charge in [-0.3, -0.25) is 0 Å². The lowest BCUT2D eigenvalue weighted by Crippen LogP contribution is -2.15. The van der Waals surface area contributed by atoms with E-state index in [2.05, 4.69) is 278 Å². The third-order valence-corrected chi connectivity index (χ3v) is 24.8. The van der Waals surface area contributed by atoms with E-state index >= 15 is 0 Å². The molecule has 1 aliphatic rings. The molecule has 5 aromatic heterocycles. The van der Waals surface area contributed by atoms with Gasteiger partial charge in [0.25, 0.3) is 0 Å². The lowest BCUT2D eigenvalue weighted by molar-refractivity contribution is 0.660. The summed E-state index contributed by atoms with van der Waals surface area (Å²) in [5, 5.41) is 4.58. The number of hydrogen-bond donors (Lipinski definition) is 0. The summed E-state index contributed by atoms with van der Waals surface area (Å²) in [6.45, 7) is 14.7. The number of benzene rings is 18. The highest BCUT2D eigenvalue weighted by Crippen LogP contribution is 2.50. The molecule has 5 heterocycles. The van der Waals surface area contributed by atoms with Crippen LogP contribution in [0.5, 0.6) is 0 Å². The molecule has 0 aliphatic heterocycles. The van der Waals surface area contributed by atoms with E-state index in [-0.39, 0.29) is 5.41 Å². The van der Waals surface area contributed by atoms with Crippen LogP contribution in [0.3, 0.4) is 0 Å². The maximum atomic E-state index is 5.14. The van der Waals surface area contributed by atoms with Gasteiger partial charge in [0.05, 0.1) is 0 Å². The number of hydrogen-bond acceptors (Lipinski definition) is 15. The summed E-state index contributed by atoms with van der Waals surface area (Å²) in [6, 6.07) is 157. The van der Waals surface area contributed by atoms with E-state index in [1.165, 1.54) is 61.2 Å². The third kappa shape index (κ3) is 21.1. The zero-order valence-corrected chi connectivity index (χ0v) is 79.6. The van der Waals surface area contributed by atoms with E-state index < -0.39 is 0 Å². The molecule has 15 nitrogen and oxygen atoms in total. The van der Waals surface area contributed by atoms with Crippen LogP contribution in [-0.4, -0.2) is 74.8 Å². The van der Waals surface area contributed by atoms with Crippen LogP contribution in [0.15, 0.2) is 461 Å². The molecule has 0 saturated carbocycles. The van der Waals surface area contributed by atoms with E-state index in [4.69, 9.17) is 49.8 Å². The third-order valence-electron chi connectivity index (χ3n) is 24.8.